The van der Waals surface area contributed by atoms with Crippen molar-refractivity contribution in [2.45, 2.75) is 24.8 Å². The van der Waals surface area contributed by atoms with Crippen molar-refractivity contribution in [1.29, 1.82) is 0 Å². The minimum absolute atomic E-state index is 0.273. The van der Waals surface area contributed by atoms with E-state index in [1.807, 2.05) is 60.7 Å². The van der Waals surface area contributed by atoms with Crippen LogP contribution in [0, 0.1) is 0 Å². The molecule has 2 heteroatoms. The summed E-state index contributed by atoms with van der Waals surface area (Å²) in [5, 5.41) is 12.5. The van der Waals surface area contributed by atoms with Gasteiger partial charge in [0.1, 0.15) is 5.60 Å². The van der Waals surface area contributed by atoms with Crippen LogP contribution in [-0.4, -0.2) is 5.11 Å². The first-order valence-corrected chi connectivity index (χ1v) is 8.47. The lowest BCUT2D eigenvalue weighted by Gasteiger charge is -2.36. The molecular formula is C22H19ClO. The van der Waals surface area contributed by atoms with Gasteiger partial charge in [-0.15, -0.1) is 0 Å². The quantitative estimate of drug-likeness (QED) is 0.647. The predicted molar refractivity (Wildman–Crippen MR) is 99.3 cm³/mol. The zero-order chi connectivity index (χ0) is 18.4. The zero-order valence-electron chi connectivity index (χ0n) is 15.2. The average molecular weight is 337 g/mol. The third-order valence-corrected chi connectivity index (χ3v) is 4.91. The van der Waals surface area contributed by atoms with Crippen LogP contribution in [-0.2, 0) is 12.0 Å². The molecule has 0 saturated carbocycles. The lowest BCUT2D eigenvalue weighted by Crippen LogP contribution is -2.32. The molecule has 0 radical (unpaired) electrons. The maximum atomic E-state index is 11.8. The van der Waals surface area contributed by atoms with E-state index in [0.717, 1.165) is 16.7 Å². The van der Waals surface area contributed by atoms with Gasteiger partial charge in [0.15, 0.2) is 0 Å². The van der Waals surface area contributed by atoms with E-state index in [0.29, 0.717) is 22.6 Å². The summed E-state index contributed by atoms with van der Waals surface area (Å²) in [4.78, 5) is 0. The highest BCUT2D eigenvalue weighted by atomic mass is 35.5. The number of aliphatic hydroxyl groups is 1. The molecule has 1 nitrogen and oxygen atoms in total. The fourth-order valence-corrected chi connectivity index (χ4v) is 3.61. The third-order valence-electron chi connectivity index (χ3n) is 4.65. The summed E-state index contributed by atoms with van der Waals surface area (Å²) in [5.74, 6) is 0. The van der Waals surface area contributed by atoms with Gasteiger partial charge < -0.3 is 5.11 Å². The molecule has 0 heterocycles. The number of rotatable bonds is 2. The van der Waals surface area contributed by atoms with Crippen molar-refractivity contribution >= 4 is 11.6 Å². The molecule has 1 N–H and O–H groups in total. The smallest absolute Gasteiger partial charge is 0.115 e. The number of benzene rings is 3. The van der Waals surface area contributed by atoms with Crippen LogP contribution >= 0.6 is 11.6 Å². The minimum Gasteiger partial charge on any atom is -0.380 e. The number of halogens is 1. The Labute approximate surface area is 150 Å². The summed E-state index contributed by atoms with van der Waals surface area (Å²) < 4.78 is 17.3. The van der Waals surface area contributed by atoms with Gasteiger partial charge in [-0.05, 0) is 59.2 Å². The lowest BCUT2D eigenvalue weighted by atomic mass is 9.73. The maximum Gasteiger partial charge on any atom is 0.115 e. The Balaban J connectivity index is 1.99. The topological polar surface area (TPSA) is 20.2 Å². The number of aryl methyl sites for hydroxylation is 1. The van der Waals surface area contributed by atoms with E-state index in [4.69, 9.17) is 14.3 Å². The van der Waals surface area contributed by atoms with Crippen LogP contribution in [0.3, 0.4) is 0 Å². The van der Waals surface area contributed by atoms with E-state index in [-0.39, 0.29) is 6.42 Å². The molecule has 1 atom stereocenters. The van der Waals surface area contributed by atoms with Gasteiger partial charge in [0.2, 0.25) is 0 Å². The van der Waals surface area contributed by atoms with E-state index in [2.05, 4.69) is 0 Å². The van der Waals surface area contributed by atoms with Gasteiger partial charge in [0.25, 0.3) is 0 Å². The van der Waals surface area contributed by atoms with Gasteiger partial charge in [-0.1, -0.05) is 72.3 Å². The van der Waals surface area contributed by atoms with Gasteiger partial charge in [0.05, 0.1) is 0 Å². The fourth-order valence-electron chi connectivity index (χ4n) is 3.48. The molecule has 3 aromatic carbocycles. The van der Waals surface area contributed by atoms with Crippen molar-refractivity contribution < 1.29 is 7.85 Å². The molecule has 24 heavy (non-hydrogen) atoms. The van der Waals surface area contributed by atoms with Crippen LogP contribution in [0.2, 0.25) is 5.02 Å². The van der Waals surface area contributed by atoms with Gasteiger partial charge in [0, 0.05) is 7.76 Å². The lowest BCUT2D eigenvalue weighted by molar-refractivity contribution is 0.0621. The Hall–Kier alpha value is -2.09. The molecule has 0 bridgehead atoms. The Morgan fingerprint density at radius 2 is 1.54 bits per heavy atom. The van der Waals surface area contributed by atoms with Crippen LogP contribution < -0.4 is 0 Å². The van der Waals surface area contributed by atoms with Crippen molar-refractivity contribution in [3.8, 4) is 11.1 Å². The largest absolute Gasteiger partial charge is 0.380 e. The molecule has 0 aromatic heterocycles. The van der Waals surface area contributed by atoms with E-state index < -0.39 is 12.0 Å². The second-order valence-electron chi connectivity index (χ2n) is 6.10. The average Bonchev–Trinajstić information content (AvgIpc) is 2.66. The molecule has 4 rings (SSSR count). The Kier molecular flexibility index (Phi) is 3.35. The van der Waals surface area contributed by atoms with Crippen molar-refractivity contribution in [3.05, 3.63) is 94.5 Å². The fraction of sp³-hybridized carbons (Fsp3) is 0.182. The van der Waals surface area contributed by atoms with Gasteiger partial charge in [-0.3, -0.25) is 0 Å². The van der Waals surface area contributed by atoms with Crippen molar-refractivity contribution in [2.24, 2.45) is 0 Å². The molecular weight excluding hydrogens is 316 g/mol. The summed E-state index contributed by atoms with van der Waals surface area (Å²) in [5.41, 5.74) is 2.23. The Bertz CT molecular complexity index is 952. The predicted octanol–water partition coefficient (Wildman–Crippen LogP) is 5.58. The first-order valence-electron chi connectivity index (χ1n) is 9.10. The highest BCUT2D eigenvalue weighted by Gasteiger charge is 2.37. The zero-order valence-corrected chi connectivity index (χ0v) is 13.9. The Morgan fingerprint density at radius 1 is 0.875 bits per heavy atom. The van der Waals surface area contributed by atoms with Gasteiger partial charge in [-0.25, -0.2) is 0 Å². The molecule has 0 amide bonds. The van der Waals surface area contributed by atoms with E-state index >= 15 is 0 Å². The molecule has 3 aromatic rings. The van der Waals surface area contributed by atoms with Gasteiger partial charge in [-0.2, -0.15) is 0 Å². The van der Waals surface area contributed by atoms with Crippen molar-refractivity contribution in [1.82, 2.24) is 0 Å². The van der Waals surface area contributed by atoms with Crippen LogP contribution in [0.25, 0.3) is 11.1 Å². The van der Waals surface area contributed by atoms with Crippen LogP contribution in [0.1, 0.15) is 32.2 Å². The summed E-state index contributed by atoms with van der Waals surface area (Å²) in [6.07, 6.45) is -0.881. The second-order valence-corrected chi connectivity index (χ2v) is 6.53. The molecule has 0 spiro atoms. The van der Waals surface area contributed by atoms with Crippen molar-refractivity contribution in [3.63, 3.8) is 0 Å². The van der Waals surface area contributed by atoms with E-state index in [1.54, 1.807) is 12.1 Å². The summed E-state index contributed by atoms with van der Waals surface area (Å²) >= 11 is 6.02. The highest BCUT2D eigenvalue weighted by molar-refractivity contribution is 6.30. The monoisotopic (exact) mass is 336 g/mol. The van der Waals surface area contributed by atoms with E-state index in [1.165, 1.54) is 0 Å². The van der Waals surface area contributed by atoms with Crippen LogP contribution in [0.5, 0.6) is 0 Å². The summed E-state index contributed by atoms with van der Waals surface area (Å²) in [6, 6.07) is 22.5. The van der Waals surface area contributed by atoms with Crippen molar-refractivity contribution in [2.75, 3.05) is 0 Å². The number of fused-ring (bicyclic) bond motifs is 1. The molecule has 0 fully saturated rings. The number of hydrogen-bond donors (Lipinski definition) is 1. The normalized spacial score (nSPS) is 23.1. The van der Waals surface area contributed by atoms with Crippen LogP contribution in [0.4, 0.5) is 0 Å². The molecule has 0 aliphatic heterocycles. The second kappa shape index (κ2) is 6.08. The molecule has 1 aliphatic rings. The Morgan fingerprint density at radius 3 is 2.33 bits per heavy atom. The van der Waals surface area contributed by atoms with Gasteiger partial charge >= 0.3 is 0 Å². The third kappa shape index (κ3) is 2.54. The molecule has 120 valence electrons. The molecule has 1 aliphatic carbocycles. The highest BCUT2D eigenvalue weighted by Crippen LogP contribution is 2.44. The summed E-state index contributed by atoms with van der Waals surface area (Å²) in [6.45, 7) is 0. The SMILES string of the molecule is [2H]C1([2H])CCc2ccccc2C1(O)c1ccccc1-c1ccc(Cl)cc1. The molecule has 1 unspecified atom stereocenters. The summed E-state index contributed by atoms with van der Waals surface area (Å²) in [7, 11) is 0. The first-order chi connectivity index (χ1) is 12.4. The van der Waals surface area contributed by atoms with Crippen LogP contribution in [0.15, 0.2) is 72.8 Å². The first kappa shape index (κ1) is 13.2. The standard InChI is InChI=1S/C22H19ClO/c23-18-13-11-16(12-14-18)19-8-2-4-10-21(19)22(24)15-5-7-17-6-1-3-9-20(17)22/h1-4,6,8-14,24H,5,7,15H2/i15D2. The van der Waals surface area contributed by atoms with E-state index in [9.17, 15) is 5.11 Å². The minimum atomic E-state index is -1.77. The maximum absolute atomic E-state index is 11.8. The number of hydrogen-bond acceptors (Lipinski definition) is 1. The molecule has 0 saturated heterocycles.